The van der Waals surface area contributed by atoms with Crippen molar-refractivity contribution < 1.29 is 41.6 Å². The normalized spacial score (nSPS) is 24.2. The number of benzene rings is 1. The van der Waals surface area contributed by atoms with E-state index >= 15 is 4.39 Å². The highest BCUT2D eigenvalue weighted by atomic mass is 31.2. The smallest absolute Gasteiger partial charge is 0.330 e. The number of nitrogens with zero attached hydrogens (tertiary/aromatic N) is 1. The average molecular weight is 734 g/mol. The van der Waals surface area contributed by atoms with E-state index in [0.717, 1.165) is 16.8 Å². The number of hydrogen-bond acceptors (Lipinski definition) is 11. The summed E-state index contributed by atoms with van der Waals surface area (Å²) < 4.78 is 62.7. The van der Waals surface area contributed by atoms with Crippen molar-refractivity contribution in [2.45, 2.75) is 91.6 Å². The number of carbonyl (C=O) groups excluding carboxylic acids is 2. The van der Waals surface area contributed by atoms with E-state index in [1.54, 1.807) is 52.0 Å². The summed E-state index contributed by atoms with van der Waals surface area (Å²) in [7, 11) is -6.50. The van der Waals surface area contributed by atoms with E-state index in [9.17, 15) is 28.3 Å². The van der Waals surface area contributed by atoms with Gasteiger partial charge in [0.2, 0.25) is 0 Å². The third-order valence-corrected chi connectivity index (χ3v) is 10.1. The number of rotatable bonds is 15. The molecule has 49 heavy (non-hydrogen) atoms. The largest absolute Gasteiger partial charge is 0.462 e. The predicted molar refractivity (Wildman–Crippen MR) is 183 cm³/mol. The molecule has 1 fully saturated rings. The van der Waals surface area contributed by atoms with Crippen molar-refractivity contribution in [3.63, 3.8) is 0 Å². The molecule has 0 saturated carbocycles. The van der Waals surface area contributed by atoms with Gasteiger partial charge >= 0.3 is 19.2 Å². The highest BCUT2D eigenvalue weighted by molar-refractivity contribution is 7.56. The zero-order chi connectivity index (χ0) is 37.3. The van der Waals surface area contributed by atoms with Crippen LogP contribution in [-0.2, 0) is 32.7 Å². The molecule has 15 nitrogen and oxygen atoms in total. The van der Waals surface area contributed by atoms with Crippen molar-refractivity contribution >= 4 is 26.8 Å². The first-order chi connectivity index (χ1) is 22.6. The van der Waals surface area contributed by atoms with Crippen molar-refractivity contribution in [1.29, 1.82) is 0 Å². The third kappa shape index (κ3) is 13.0. The lowest BCUT2D eigenvalue weighted by Crippen LogP contribution is -2.44. The first-order valence-electron chi connectivity index (χ1n) is 15.8. The van der Waals surface area contributed by atoms with Crippen LogP contribution in [0, 0.1) is 11.8 Å². The highest BCUT2D eigenvalue weighted by Crippen LogP contribution is 2.47. The Balaban J connectivity index is 0.000000377. The first-order valence-corrected chi connectivity index (χ1v) is 20.0. The molecule has 18 heteroatoms. The number of ketones is 1. The Morgan fingerprint density at radius 2 is 1.63 bits per heavy atom. The van der Waals surface area contributed by atoms with Gasteiger partial charge in [-0.05, 0) is 46.8 Å². The summed E-state index contributed by atoms with van der Waals surface area (Å²) in [5.74, 6) is -0.798. The number of Topliss-reactive ketones (excluding diaryl/α,β-unsaturated/α-hetero) is 1. The minimum Gasteiger partial charge on any atom is -0.462 e. The monoisotopic (exact) mass is 733 g/mol. The van der Waals surface area contributed by atoms with Crippen LogP contribution in [0.5, 0.6) is 5.75 Å². The predicted octanol–water partition coefficient (Wildman–Crippen LogP) is 4.16. The zero-order valence-electron chi connectivity index (χ0n) is 29.6. The van der Waals surface area contributed by atoms with E-state index in [2.05, 4.69) is 20.7 Å². The van der Waals surface area contributed by atoms with E-state index in [0.29, 0.717) is 5.75 Å². The van der Waals surface area contributed by atoms with Crippen molar-refractivity contribution in [1.82, 2.24) is 25.3 Å². The van der Waals surface area contributed by atoms with Crippen LogP contribution in [0.4, 0.5) is 4.39 Å². The van der Waals surface area contributed by atoms with E-state index in [4.69, 9.17) is 18.5 Å². The lowest BCUT2D eigenvalue weighted by Gasteiger charge is -2.25. The van der Waals surface area contributed by atoms with Gasteiger partial charge in [0.15, 0.2) is 17.7 Å². The van der Waals surface area contributed by atoms with Crippen LogP contribution in [0.25, 0.3) is 0 Å². The Labute approximate surface area is 286 Å². The molecule has 0 unspecified atom stereocenters. The van der Waals surface area contributed by atoms with Crippen molar-refractivity contribution in [2.24, 2.45) is 11.8 Å². The number of aromatic nitrogens is 2. The lowest BCUT2D eigenvalue weighted by molar-refractivity contribution is -0.149. The second kappa shape index (κ2) is 17.8. The number of ether oxygens (including phenoxy) is 2. The first kappa shape index (κ1) is 42.2. The van der Waals surface area contributed by atoms with Crippen LogP contribution < -0.4 is 31.5 Å². The number of carbonyl (C=O) groups is 2. The number of esters is 1. The number of halogens is 1. The van der Waals surface area contributed by atoms with Crippen molar-refractivity contribution in [3.05, 3.63) is 63.4 Å². The van der Waals surface area contributed by atoms with E-state index in [-0.39, 0.29) is 24.4 Å². The molecule has 1 saturated heterocycles. The maximum Gasteiger partial charge on any atom is 0.330 e. The van der Waals surface area contributed by atoms with Gasteiger partial charge in [0, 0.05) is 37.4 Å². The van der Waals surface area contributed by atoms with Crippen LogP contribution in [0.2, 0.25) is 0 Å². The number of para-hydroxylation sites is 1. The van der Waals surface area contributed by atoms with E-state index in [1.165, 1.54) is 27.2 Å². The molecule has 3 rings (SSSR count). The van der Waals surface area contributed by atoms with Crippen molar-refractivity contribution in [3.8, 4) is 5.75 Å². The Kier molecular flexibility index (Phi) is 15.3. The molecule has 8 atom stereocenters. The summed E-state index contributed by atoms with van der Waals surface area (Å²) in [5, 5.41) is 5.20. The fourth-order valence-electron chi connectivity index (χ4n) is 4.62. The van der Waals surface area contributed by atoms with E-state index in [1.807, 2.05) is 19.9 Å². The van der Waals surface area contributed by atoms with Gasteiger partial charge < -0.3 is 18.5 Å². The Morgan fingerprint density at radius 3 is 2.18 bits per heavy atom. The van der Waals surface area contributed by atoms with Gasteiger partial charge in [-0.15, -0.1) is 0 Å². The van der Waals surface area contributed by atoms with Crippen LogP contribution in [-0.4, -0.2) is 71.2 Å². The Bertz CT molecular complexity index is 1620. The minimum absolute atomic E-state index is 0.0483. The van der Waals surface area contributed by atoms with Gasteiger partial charge in [-0.25, -0.2) is 19.7 Å². The molecule has 1 aromatic heterocycles. The molecule has 0 bridgehead atoms. The second-order valence-electron chi connectivity index (χ2n) is 12.7. The summed E-state index contributed by atoms with van der Waals surface area (Å²) in [6, 6.07) is 8.69. The van der Waals surface area contributed by atoms with Gasteiger partial charge in [-0.1, -0.05) is 39.0 Å². The quantitative estimate of drug-likeness (QED) is 0.116. The molecule has 276 valence electrons. The van der Waals surface area contributed by atoms with Crippen molar-refractivity contribution in [2.75, 3.05) is 19.9 Å². The molecule has 2 heterocycles. The Hall–Kier alpha value is -2.97. The molecule has 0 spiro atoms. The maximum atomic E-state index is 15.4. The number of aromatic amines is 1. The fraction of sp³-hybridized carbons (Fsp3) is 0.613. The molecule has 0 aliphatic carbocycles. The second-order valence-corrected chi connectivity index (χ2v) is 17.1. The maximum absolute atomic E-state index is 15.4. The summed E-state index contributed by atoms with van der Waals surface area (Å²) in [5.41, 5.74) is -0.632. The molecular weight excluding hydrogens is 683 g/mol. The molecule has 4 N–H and O–H groups in total. The van der Waals surface area contributed by atoms with Crippen LogP contribution in [0.3, 0.4) is 0 Å². The van der Waals surface area contributed by atoms with Crippen LogP contribution in [0.1, 0.15) is 61.6 Å². The molecule has 0 amide bonds. The molecule has 2 aromatic rings. The van der Waals surface area contributed by atoms with E-state index < -0.39 is 68.3 Å². The summed E-state index contributed by atoms with van der Waals surface area (Å²) in [4.78, 5) is 48.9. The van der Waals surface area contributed by atoms with Gasteiger partial charge in [0.1, 0.15) is 11.8 Å². The SMILES string of the molecule is CC(C)C(=O)[C@H](C)NN[P@](C)(=O)Oc1ccccc1.CC(C)OC(=O)[C@H](C)N[P@](C)(=O)OC[C@H]1O[C@@H](n2ccc(=O)[nH]c2=O)[C@](C)(F)[C@@H]1C. The van der Waals surface area contributed by atoms with Gasteiger partial charge in [-0.2, -0.15) is 5.20 Å². The zero-order valence-corrected chi connectivity index (χ0v) is 31.4. The molecule has 0 radical (unpaired) electrons. The summed E-state index contributed by atoms with van der Waals surface area (Å²) >= 11 is 0. The number of nitrogens with one attached hydrogen (secondary N) is 4. The fourth-order valence-corrected chi connectivity index (χ4v) is 6.93. The minimum atomic E-state index is -3.44. The topological polar surface area (TPSA) is 196 Å². The summed E-state index contributed by atoms with van der Waals surface area (Å²) in [6.45, 7) is 15.7. The molecule has 1 aliphatic heterocycles. The Morgan fingerprint density at radius 1 is 1.02 bits per heavy atom. The van der Waals surface area contributed by atoms with Gasteiger partial charge in [0.25, 0.3) is 13.1 Å². The van der Waals surface area contributed by atoms with Crippen LogP contribution >= 0.6 is 15.0 Å². The molecular formula is C31H50FN5O10P2. The lowest BCUT2D eigenvalue weighted by atomic mass is 9.90. The van der Waals surface area contributed by atoms with Crippen LogP contribution in [0.15, 0.2) is 52.2 Å². The number of H-pyrrole nitrogens is 1. The number of alkyl halides is 1. The van der Waals surface area contributed by atoms with Gasteiger partial charge in [0.05, 0.1) is 24.9 Å². The average Bonchev–Trinajstić information content (AvgIpc) is 3.22. The molecule has 1 aliphatic rings. The standard InChI is InChI=1S/C18H29FN3O7P.C13H21N2O3P/c1-10(2)28-15(24)12(4)21-30(6,26)27-9-13-11(3)18(5,19)16(29-13)22-8-7-14(23)20-17(22)25;1-10(2)13(16)11(3)14-15-19(4,17)18-12-8-6-5-7-9-12/h7-8,10-13,16H,9H2,1-6H3,(H,21,26)(H,20,23,25);5-11,14H,1-4H3,(H,15,17)/t11-,12+,13-,16-,18-,30-;11-,19+/m10/s1. The molecule has 1 aromatic carbocycles. The number of hydrazine groups is 1. The third-order valence-electron chi connectivity index (χ3n) is 7.46. The van der Waals surface area contributed by atoms with Gasteiger partial charge in [-0.3, -0.25) is 33.1 Å². The summed E-state index contributed by atoms with van der Waals surface area (Å²) in [6.07, 6.45) is -1.28. The highest BCUT2D eigenvalue weighted by Gasteiger charge is 2.53. The number of hydrogen-bond donors (Lipinski definition) is 4.